The number of amides is 2. The number of anilines is 1. The summed E-state index contributed by atoms with van der Waals surface area (Å²) in [6.45, 7) is 2.76. The van der Waals surface area contributed by atoms with Gasteiger partial charge in [-0.1, -0.05) is 23.2 Å². The first-order valence-corrected chi connectivity index (χ1v) is 8.40. The summed E-state index contributed by atoms with van der Waals surface area (Å²) in [5.74, 6) is -1.89. The zero-order valence-electron chi connectivity index (χ0n) is 13.2. The monoisotopic (exact) mass is 372 g/mol. The molecule has 0 aromatic heterocycles. The van der Waals surface area contributed by atoms with E-state index in [-0.39, 0.29) is 16.9 Å². The molecule has 1 saturated heterocycles. The summed E-state index contributed by atoms with van der Waals surface area (Å²) in [4.78, 5) is 37.4. The molecule has 1 aromatic carbocycles. The van der Waals surface area contributed by atoms with Crippen LogP contribution in [0.15, 0.2) is 18.2 Å². The van der Waals surface area contributed by atoms with Crippen LogP contribution in [0.5, 0.6) is 0 Å². The van der Waals surface area contributed by atoms with E-state index in [0.717, 1.165) is 0 Å². The Morgan fingerprint density at radius 3 is 2.50 bits per heavy atom. The molecule has 8 heteroatoms. The second-order valence-corrected chi connectivity index (χ2v) is 6.24. The van der Waals surface area contributed by atoms with E-state index in [1.165, 1.54) is 17.0 Å². The van der Waals surface area contributed by atoms with E-state index in [9.17, 15) is 14.4 Å². The molecule has 0 bridgehead atoms. The quantitative estimate of drug-likeness (QED) is 0.653. The zero-order chi connectivity index (χ0) is 17.7. The van der Waals surface area contributed by atoms with Crippen LogP contribution in [0.2, 0.25) is 10.0 Å². The number of benzene rings is 1. The first-order chi connectivity index (χ1) is 11.4. The van der Waals surface area contributed by atoms with Crippen molar-refractivity contribution in [1.29, 1.82) is 0 Å². The van der Waals surface area contributed by atoms with Crippen LogP contribution in [0.3, 0.4) is 0 Å². The number of hydrogen-bond donors (Lipinski definition) is 1. The van der Waals surface area contributed by atoms with Crippen LogP contribution in [0.4, 0.5) is 5.69 Å². The number of nitrogens with zero attached hydrogens (tertiary/aromatic N) is 1. The second-order valence-electron chi connectivity index (χ2n) is 5.40. The first kappa shape index (κ1) is 18.5. The summed E-state index contributed by atoms with van der Waals surface area (Å²) < 4.78 is 4.98. The molecule has 0 saturated carbocycles. The predicted molar refractivity (Wildman–Crippen MR) is 91.0 cm³/mol. The van der Waals surface area contributed by atoms with E-state index in [1.807, 2.05) is 0 Å². The van der Waals surface area contributed by atoms with Crippen LogP contribution >= 0.6 is 23.2 Å². The van der Waals surface area contributed by atoms with Gasteiger partial charge in [0.25, 0.3) is 0 Å². The van der Waals surface area contributed by atoms with Crippen molar-refractivity contribution in [3.63, 3.8) is 0 Å². The van der Waals surface area contributed by atoms with Crippen LogP contribution in [-0.2, 0) is 19.1 Å². The van der Waals surface area contributed by atoms with Gasteiger partial charge in [0.15, 0.2) is 0 Å². The molecule has 1 N–H and O–H groups in total. The molecule has 1 aromatic rings. The van der Waals surface area contributed by atoms with E-state index in [0.29, 0.717) is 43.2 Å². The molecule has 0 spiro atoms. The maximum Gasteiger partial charge on any atom is 0.313 e. The fraction of sp³-hybridized carbons (Fsp3) is 0.438. The number of halogens is 2. The van der Waals surface area contributed by atoms with Crippen LogP contribution < -0.4 is 5.32 Å². The third-order valence-corrected chi connectivity index (χ3v) is 4.32. The Labute approximate surface area is 150 Å². The summed E-state index contributed by atoms with van der Waals surface area (Å²) in [6, 6.07) is 4.58. The molecule has 24 heavy (non-hydrogen) atoms. The number of rotatable bonds is 3. The van der Waals surface area contributed by atoms with Gasteiger partial charge < -0.3 is 15.0 Å². The number of piperidine rings is 1. The average Bonchev–Trinajstić information content (AvgIpc) is 2.57. The SMILES string of the molecule is CCOC(=O)C1CCN(C(=O)C(=O)Nc2ccc(Cl)cc2Cl)CC1. The number of esters is 1. The van der Waals surface area contributed by atoms with Gasteiger partial charge in [-0.05, 0) is 38.0 Å². The van der Waals surface area contributed by atoms with Gasteiger partial charge in [0, 0.05) is 18.1 Å². The van der Waals surface area contributed by atoms with Gasteiger partial charge in [-0.15, -0.1) is 0 Å². The van der Waals surface area contributed by atoms with Gasteiger partial charge in [0.2, 0.25) is 0 Å². The summed E-state index contributed by atoms with van der Waals surface area (Å²) >= 11 is 11.8. The Kier molecular flexibility index (Phi) is 6.45. The maximum atomic E-state index is 12.2. The smallest absolute Gasteiger partial charge is 0.313 e. The van der Waals surface area contributed by atoms with Gasteiger partial charge >= 0.3 is 17.8 Å². The van der Waals surface area contributed by atoms with Crippen LogP contribution in [0, 0.1) is 5.92 Å². The number of nitrogens with one attached hydrogen (secondary N) is 1. The van der Waals surface area contributed by atoms with Gasteiger partial charge in [0.1, 0.15) is 0 Å². The summed E-state index contributed by atoms with van der Waals surface area (Å²) in [5.41, 5.74) is 0.320. The molecule has 1 heterocycles. The fourth-order valence-corrected chi connectivity index (χ4v) is 2.94. The number of hydrogen-bond acceptors (Lipinski definition) is 4. The van der Waals surface area contributed by atoms with Crippen molar-refractivity contribution < 1.29 is 19.1 Å². The van der Waals surface area contributed by atoms with Gasteiger partial charge in [-0.25, -0.2) is 0 Å². The average molecular weight is 373 g/mol. The minimum Gasteiger partial charge on any atom is -0.466 e. The van der Waals surface area contributed by atoms with Crippen molar-refractivity contribution in [3.8, 4) is 0 Å². The minimum atomic E-state index is -0.770. The molecular formula is C16H18Cl2N2O4. The first-order valence-electron chi connectivity index (χ1n) is 7.64. The van der Waals surface area contributed by atoms with Crippen molar-refractivity contribution in [2.75, 3.05) is 25.0 Å². The van der Waals surface area contributed by atoms with Gasteiger partial charge in [-0.3, -0.25) is 14.4 Å². The number of likely N-dealkylation sites (tertiary alicyclic amines) is 1. The third-order valence-electron chi connectivity index (χ3n) is 3.78. The van der Waals surface area contributed by atoms with Crippen LogP contribution in [0.1, 0.15) is 19.8 Å². The molecule has 1 aliphatic rings. The van der Waals surface area contributed by atoms with Gasteiger partial charge in [0.05, 0.1) is 23.2 Å². The Hall–Kier alpha value is -1.79. The van der Waals surface area contributed by atoms with Gasteiger partial charge in [-0.2, -0.15) is 0 Å². The highest BCUT2D eigenvalue weighted by Gasteiger charge is 2.30. The lowest BCUT2D eigenvalue weighted by molar-refractivity contribution is -0.152. The van der Waals surface area contributed by atoms with E-state index in [4.69, 9.17) is 27.9 Å². The highest BCUT2D eigenvalue weighted by atomic mass is 35.5. The van der Waals surface area contributed by atoms with Crippen molar-refractivity contribution >= 4 is 46.7 Å². The molecule has 0 unspecified atom stereocenters. The second kappa shape index (κ2) is 8.35. The minimum absolute atomic E-state index is 0.220. The topological polar surface area (TPSA) is 75.7 Å². The lowest BCUT2D eigenvalue weighted by Gasteiger charge is -2.30. The lowest BCUT2D eigenvalue weighted by atomic mass is 9.97. The fourth-order valence-electron chi connectivity index (χ4n) is 2.49. The summed E-state index contributed by atoms with van der Waals surface area (Å²) in [6.07, 6.45) is 0.971. The molecule has 0 atom stereocenters. The molecule has 1 fully saturated rings. The van der Waals surface area contributed by atoms with Crippen LogP contribution in [-0.4, -0.2) is 42.4 Å². The van der Waals surface area contributed by atoms with Crippen molar-refractivity contribution in [1.82, 2.24) is 4.90 Å². The molecule has 2 amide bonds. The summed E-state index contributed by atoms with van der Waals surface area (Å²) in [5, 5.41) is 3.17. The molecule has 6 nitrogen and oxygen atoms in total. The largest absolute Gasteiger partial charge is 0.466 e. The molecule has 0 radical (unpaired) electrons. The number of ether oxygens (including phenoxy) is 1. The third kappa shape index (κ3) is 4.61. The Morgan fingerprint density at radius 1 is 1.25 bits per heavy atom. The standard InChI is InChI=1S/C16H18Cl2N2O4/c1-2-24-16(23)10-5-7-20(8-6-10)15(22)14(21)19-13-4-3-11(17)9-12(13)18/h3-4,9-10H,2,5-8H2,1H3,(H,19,21). The Morgan fingerprint density at radius 2 is 1.92 bits per heavy atom. The molecule has 130 valence electrons. The highest BCUT2D eigenvalue weighted by molar-refractivity contribution is 6.42. The molecular weight excluding hydrogens is 355 g/mol. The van der Waals surface area contributed by atoms with Crippen LogP contribution in [0.25, 0.3) is 0 Å². The van der Waals surface area contributed by atoms with E-state index >= 15 is 0 Å². The van der Waals surface area contributed by atoms with Crippen molar-refractivity contribution in [3.05, 3.63) is 28.2 Å². The maximum absolute atomic E-state index is 12.2. The van der Waals surface area contributed by atoms with E-state index in [1.54, 1.807) is 13.0 Å². The van der Waals surface area contributed by atoms with E-state index in [2.05, 4.69) is 5.32 Å². The summed E-state index contributed by atoms with van der Waals surface area (Å²) in [7, 11) is 0. The molecule has 1 aliphatic heterocycles. The zero-order valence-corrected chi connectivity index (χ0v) is 14.7. The normalized spacial score (nSPS) is 15.0. The molecule has 2 rings (SSSR count). The Bertz CT molecular complexity index is 643. The lowest BCUT2D eigenvalue weighted by Crippen LogP contribution is -2.45. The highest BCUT2D eigenvalue weighted by Crippen LogP contribution is 2.25. The van der Waals surface area contributed by atoms with E-state index < -0.39 is 11.8 Å². The number of carbonyl (C=O) groups is 3. The van der Waals surface area contributed by atoms with Crippen molar-refractivity contribution in [2.45, 2.75) is 19.8 Å². The molecule has 0 aliphatic carbocycles. The predicted octanol–water partition coefficient (Wildman–Crippen LogP) is 2.73. The van der Waals surface area contributed by atoms with Crippen molar-refractivity contribution in [2.24, 2.45) is 5.92 Å². The number of carbonyl (C=O) groups excluding carboxylic acids is 3. The Balaban J connectivity index is 1.90.